The normalized spacial score (nSPS) is 14.9. The Labute approximate surface area is 107 Å². The van der Waals surface area contributed by atoms with Crippen LogP contribution in [0, 0.1) is 0 Å². The van der Waals surface area contributed by atoms with E-state index in [1.165, 1.54) is 24.0 Å². The average molecular weight is 242 g/mol. The van der Waals surface area contributed by atoms with Gasteiger partial charge in [-0.15, -0.1) is 10.2 Å². The van der Waals surface area contributed by atoms with Crippen LogP contribution in [0.2, 0.25) is 0 Å². The maximum absolute atomic E-state index is 4.05. The van der Waals surface area contributed by atoms with Crippen LogP contribution in [0.15, 0.2) is 30.6 Å². The van der Waals surface area contributed by atoms with Crippen molar-refractivity contribution in [3.63, 3.8) is 0 Å². The third kappa shape index (κ3) is 2.59. The van der Waals surface area contributed by atoms with Crippen molar-refractivity contribution < 1.29 is 0 Å². The van der Waals surface area contributed by atoms with Gasteiger partial charge in [-0.3, -0.25) is 0 Å². The fraction of sp³-hybridized carbons (Fsp3) is 0.429. The lowest BCUT2D eigenvalue weighted by Gasteiger charge is -2.06. The summed E-state index contributed by atoms with van der Waals surface area (Å²) in [7, 11) is 1.96. The van der Waals surface area contributed by atoms with Gasteiger partial charge in [-0.25, -0.2) is 0 Å². The first-order valence-electron chi connectivity index (χ1n) is 6.45. The summed E-state index contributed by atoms with van der Waals surface area (Å²) < 4.78 is 1.94. The number of benzene rings is 1. The Morgan fingerprint density at radius 1 is 1.33 bits per heavy atom. The Kier molecular flexibility index (Phi) is 3.11. The molecule has 4 heteroatoms. The van der Waals surface area contributed by atoms with Gasteiger partial charge in [-0.1, -0.05) is 24.3 Å². The van der Waals surface area contributed by atoms with Crippen LogP contribution in [0.3, 0.4) is 0 Å². The van der Waals surface area contributed by atoms with Gasteiger partial charge in [0.25, 0.3) is 0 Å². The van der Waals surface area contributed by atoms with Crippen molar-refractivity contribution in [2.75, 3.05) is 0 Å². The lowest BCUT2D eigenvalue weighted by Crippen LogP contribution is -2.15. The molecule has 1 aliphatic rings. The summed E-state index contributed by atoms with van der Waals surface area (Å²) in [5, 5.41) is 11.3. The standard InChI is InChI=1S/C14H18N4/c1-18-10-16-17-14(18)9-15-8-11-3-2-4-13(7-11)12-5-6-12/h2-4,7,10,12,15H,5-6,8-9H2,1H3. The van der Waals surface area contributed by atoms with Crippen LogP contribution in [0.5, 0.6) is 0 Å². The van der Waals surface area contributed by atoms with Gasteiger partial charge in [0.1, 0.15) is 12.2 Å². The molecule has 0 atom stereocenters. The smallest absolute Gasteiger partial charge is 0.146 e. The van der Waals surface area contributed by atoms with Gasteiger partial charge in [0.2, 0.25) is 0 Å². The average Bonchev–Trinajstić information content (AvgIpc) is 3.15. The van der Waals surface area contributed by atoms with E-state index in [9.17, 15) is 0 Å². The fourth-order valence-corrected chi connectivity index (χ4v) is 2.16. The van der Waals surface area contributed by atoms with Crippen LogP contribution in [0.1, 0.15) is 35.7 Å². The lowest BCUT2D eigenvalue weighted by atomic mass is 10.1. The maximum Gasteiger partial charge on any atom is 0.146 e. The molecule has 1 aliphatic carbocycles. The Balaban J connectivity index is 1.56. The summed E-state index contributed by atoms with van der Waals surface area (Å²) in [4.78, 5) is 0. The van der Waals surface area contributed by atoms with Crippen molar-refractivity contribution in [1.29, 1.82) is 0 Å². The van der Waals surface area contributed by atoms with E-state index in [-0.39, 0.29) is 0 Å². The van der Waals surface area contributed by atoms with E-state index in [2.05, 4.69) is 39.8 Å². The predicted molar refractivity (Wildman–Crippen MR) is 70.0 cm³/mol. The topological polar surface area (TPSA) is 42.7 Å². The molecule has 0 radical (unpaired) electrons. The molecule has 0 aliphatic heterocycles. The molecule has 3 rings (SSSR count). The van der Waals surface area contributed by atoms with E-state index in [4.69, 9.17) is 0 Å². The highest BCUT2D eigenvalue weighted by Gasteiger charge is 2.23. The third-order valence-electron chi connectivity index (χ3n) is 3.42. The van der Waals surface area contributed by atoms with E-state index in [1.54, 1.807) is 6.33 Å². The SMILES string of the molecule is Cn1cnnc1CNCc1cccc(C2CC2)c1. The monoisotopic (exact) mass is 242 g/mol. The molecule has 1 saturated carbocycles. The van der Waals surface area contributed by atoms with Crippen LogP contribution in [0.4, 0.5) is 0 Å². The molecule has 18 heavy (non-hydrogen) atoms. The molecule has 2 aromatic rings. The molecule has 1 fully saturated rings. The van der Waals surface area contributed by atoms with Crippen LogP contribution >= 0.6 is 0 Å². The number of rotatable bonds is 5. The summed E-state index contributed by atoms with van der Waals surface area (Å²) in [5.74, 6) is 1.79. The Morgan fingerprint density at radius 3 is 2.94 bits per heavy atom. The highest BCUT2D eigenvalue weighted by molar-refractivity contribution is 5.29. The molecule has 1 aromatic carbocycles. The summed E-state index contributed by atoms with van der Waals surface area (Å²) in [6.45, 7) is 1.64. The molecular formula is C14H18N4. The van der Waals surface area contributed by atoms with Gasteiger partial charge in [0.15, 0.2) is 0 Å². The molecule has 1 heterocycles. The second-order valence-electron chi connectivity index (χ2n) is 4.98. The predicted octanol–water partition coefficient (Wildman–Crippen LogP) is 1.98. The molecule has 0 amide bonds. The van der Waals surface area contributed by atoms with Crippen molar-refractivity contribution in [3.05, 3.63) is 47.5 Å². The molecule has 1 aromatic heterocycles. The molecule has 1 N–H and O–H groups in total. The first-order valence-corrected chi connectivity index (χ1v) is 6.45. The zero-order valence-electron chi connectivity index (χ0n) is 10.6. The van der Waals surface area contributed by atoms with Crippen molar-refractivity contribution in [3.8, 4) is 0 Å². The minimum atomic E-state index is 0.754. The van der Waals surface area contributed by atoms with Gasteiger partial charge >= 0.3 is 0 Å². The second kappa shape index (κ2) is 4.90. The summed E-state index contributed by atoms with van der Waals surface area (Å²) in [6, 6.07) is 8.90. The van der Waals surface area contributed by atoms with Crippen LogP contribution in [0.25, 0.3) is 0 Å². The highest BCUT2D eigenvalue weighted by atomic mass is 15.3. The zero-order valence-corrected chi connectivity index (χ0v) is 10.6. The van der Waals surface area contributed by atoms with E-state index in [1.807, 2.05) is 11.6 Å². The quantitative estimate of drug-likeness (QED) is 0.872. The van der Waals surface area contributed by atoms with E-state index >= 15 is 0 Å². The molecule has 0 spiro atoms. The van der Waals surface area contributed by atoms with Gasteiger partial charge < -0.3 is 9.88 Å². The first kappa shape index (κ1) is 11.4. The highest BCUT2D eigenvalue weighted by Crippen LogP contribution is 2.40. The van der Waals surface area contributed by atoms with Crippen LogP contribution in [-0.2, 0) is 20.1 Å². The minimum Gasteiger partial charge on any atom is -0.320 e. The molecule has 0 unspecified atom stereocenters. The van der Waals surface area contributed by atoms with E-state index in [0.29, 0.717) is 0 Å². The Hall–Kier alpha value is -1.68. The fourth-order valence-electron chi connectivity index (χ4n) is 2.16. The largest absolute Gasteiger partial charge is 0.320 e. The zero-order chi connectivity index (χ0) is 12.4. The number of aromatic nitrogens is 3. The van der Waals surface area contributed by atoms with Gasteiger partial charge in [0, 0.05) is 13.6 Å². The number of nitrogens with zero attached hydrogens (tertiary/aromatic N) is 3. The summed E-state index contributed by atoms with van der Waals surface area (Å²) in [6.07, 6.45) is 4.44. The summed E-state index contributed by atoms with van der Waals surface area (Å²) in [5.41, 5.74) is 2.84. The Bertz CT molecular complexity index is 528. The van der Waals surface area contributed by atoms with Gasteiger partial charge in [0.05, 0.1) is 6.54 Å². The number of nitrogens with one attached hydrogen (secondary N) is 1. The van der Waals surface area contributed by atoms with Gasteiger partial charge in [-0.05, 0) is 29.9 Å². The maximum atomic E-state index is 4.05. The summed E-state index contributed by atoms with van der Waals surface area (Å²) >= 11 is 0. The molecule has 4 nitrogen and oxygen atoms in total. The van der Waals surface area contributed by atoms with E-state index in [0.717, 1.165) is 24.8 Å². The van der Waals surface area contributed by atoms with Crippen molar-refractivity contribution >= 4 is 0 Å². The molecule has 0 saturated heterocycles. The van der Waals surface area contributed by atoms with Crippen molar-refractivity contribution in [2.24, 2.45) is 7.05 Å². The van der Waals surface area contributed by atoms with Crippen LogP contribution < -0.4 is 5.32 Å². The molecular weight excluding hydrogens is 224 g/mol. The lowest BCUT2D eigenvalue weighted by molar-refractivity contribution is 0.637. The number of hydrogen-bond acceptors (Lipinski definition) is 3. The van der Waals surface area contributed by atoms with Crippen molar-refractivity contribution in [1.82, 2.24) is 20.1 Å². The van der Waals surface area contributed by atoms with E-state index < -0.39 is 0 Å². The second-order valence-corrected chi connectivity index (χ2v) is 4.98. The Morgan fingerprint density at radius 2 is 2.22 bits per heavy atom. The van der Waals surface area contributed by atoms with Gasteiger partial charge in [-0.2, -0.15) is 0 Å². The minimum absolute atomic E-state index is 0.754. The molecule has 0 bridgehead atoms. The number of hydrogen-bond donors (Lipinski definition) is 1. The van der Waals surface area contributed by atoms with Crippen molar-refractivity contribution in [2.45, 2.75) is 31.8 Å². The number of aryl methyl sites for hydroxylation is 1. The van der Waals surface area contributed by atoms with Crippen LogP contribution in [-0.4, -0.2) is 14.8 Å². The molecule has 94 valence electrons. The third-order valence-corrected chi connectivity index (χ3v) is 3.42. The first-order chi connectivity index (χ1) is 8.83.